The summed E-state index contributed by atoms with van der Waals surface area (Å²) in [5.74, 6) is 0. The van der Waals surface area contributed by atoms with Crippen molar-refractivity contribution < 1.29 is 5.11 Å². The van der Waals surface area contributed by atoms with Crippen LogP contribution in [0.1, 0.15) is 40.5 Å². The van der Waals surface area contributed by atoms with Crippen LogP contribution in [0.5, 0.6) is 0 Å². The van der Waals surface area contributed by atoms with Gasteiger partial charge in [-0.3, -0.25) is 4.90 Å². The number of rotatable bonds is 3. The first-order valence-electron chi connectivity index (χ1n) is 8.36. The van der Waals surface area contributed by atoms with Crippen molar-refractivity contribution in [1.29, 1.82) is 0 Å². The van der Waals surface area contributed by atoms with Gasteiger partial charge in [-0.05, 0) is 33.7 Å². The summed E-state index contributed by atoms with van der Waals surface area (Å²) in [4.78, 5) is 7.27. The van der Waals surface area contributed by atoms with Gasteiger partial charge in [-0.15, -0.1) is 0 Å². The molecule has 0 bridgehead atoms. The first-order valence-corrected chi connectivity index (χ1v) is 8.36. The first-order chi connectivity index (χ1) is 9.48. The van der Waals surface area contributed by atoms with E-state index < -0.39 is 5.60 Å². The first kappa shape index (κ1) is 17.9. The molecular formula is C16H35N3O. The molecule has 0 aromatic rings. The largest absolute Gasteiger partial charge is 0.388 e. The molecule has 1 N–H and O–H groups in total. The van der Waals surface area contributed by atoms with Crippen molar-refractivity contribution in [3.05, 3.63) is 0 Å². The van der Waals surface area contributed by atoms with Gasteiger partial charge in [0.1, 0.15) is 0 Å². The molecule has 0 amide bonds. The lowest BCUT2D eigenvalue weighted by molar-refractivity contribution is -0.0558. The van der Waals surface area contributed by atoms with Crippen LogP contribution in [0.15, 0.2) is 0 Å². The molecule has 0 aromatic heterocycles. The van der Waals surface area contributed by atoms with Crippen molar-refractivity contribution >= 4 is 0 Å². The van der Waals surface area contributed by atoms with Crippen LogP contribution >= 0.6 is 0 Å². The van der Waals surface area contributed by atoms with Crippen LogP contribution in [-0.2, 0) is 0 Å². The number of piperazine rings is 1. The fourth-order valence-corrected chi connectivity index (χ4v) is 3.04. The molecule has 0 spiro atoms. The normalized spacial score (nSPS) is 25.4. The van der Waals surface area contributed by atoms with Crippen LogP contribution in [0, 0.1) is 0 Å². The van der Waals surface area contributed by atoms with Crippen molar-refractivity contribution in [3.8, 4) is 0 Å². The van der Waals surface area contributed by atoms with Crippen LogP contribution < -0.4 is 0 Å². The van der Waals surface area contributed by atoms with E-state index in [-0.39, 0.29) is 0 Å². The van der Waals surface area contributed by atoms with Crippen molar-refractivity contribution in [2.45, 2.75) is 52.2 Å². The zero-order chi connectivity index (χ0) is 15.2. The number of hydrogen-bond donors (Lipinski definition) is 1. The smallest absolute Gasteiger partial charge is 0.0798 e. The fraction of sp³-hybridized carbons (Fsp3) is 1.00. The maximum Gasteiger partial charge on any atom is 0.0798 e. The lowest BCUT2D eigenvalue weighted by atomic mass is 9.90. The number of likely N-dealkylation sites (N-methyl/N-ethyl adjacent to an activating group) is 1. The van der Waals surface area contributed by atoms with Gasteiger partial charge in [-0.1, -0.05) is 13.8 Å². The second kappa shape index (κ2) is 8.32. The Kier molecular flexibility index (Phi) is 7.45. The van der Waals surface area contributed by atoms with Gasteiger partial charge >= 0.3 is 0 Å². The van der Waals surface area contributed by atoms with E-state index in [1.165, 1.54) is 0 Å². The minimum absolute atomic E-state index is 0.443. The molecule has 120 valence electrons. The van der Waals surface area contributed by atoms with Crippen molar-refractivity contribution in [3.63, 3.8) is 0 Å². The van der Waals surface area contributed by atoms with E-state index in [1.54, 1.807) is 0 Å². The zero-order valence-corrected chi connectivity index (χ0v) is 14.2. The molecule has 0 radical (unpaired) electrons. The van der Waals surface area contributed by atoms with Crippen molar-refractivity contribution in [2.75, 3.05) is 52.9 Å². The minimum Gasteiger partial charge on any atom is -0.388 e. The highest BCUT2D eigenvalue weighted by atomic mass is 16.3. The summed E-state index contributed by atoms with van der Waals surface area (Å²) < 4.78 is 0. The molecule has 0 aliphatic carbocycles. The third-order valence-electron chi connectivity index (χ3n) is 4.57. The quantitative estimate of drug-likeness (QED) is 0.851. The molecule has 2 aliphatic heterocycles. The lowest BCUT2D eigenvalue weighted by Crippen LogP contribution is -2.55. The maximum atomic E-state index is 10.7. The Hall–Kier alpha value is -0.160. The van der Waals surface area contributed by atoms with Gasteiger partial charge in [-0.2, -0.15) is 0 Å². The summed E-state index contributed by atoms with van der Waals surface area (Å²) in [5.41, 5.74) is -0.443. The Balaban J connectivity index is 0.000000956. The Bertz CT molecular complexity index is 254. The second-order valence-electron chi connectivity index (χ2n) is 6.43. The Morgan fingerprint density at radius 2 is 1.45 bits per heavy atom. The maximum absolute atomic E-state index is 10.7. The molecule has 4 heteroatoms. The third kappa shape index (κ3) is 5.32. The molecule has 0 aromatic carbocycles. The average Bonchev–Trinajstić information content (AvgIpc) is 2.44. The van der Waals surface area contributed by atoms with E-state index in [9.17, 15) is 5.11 Å². The average molecular weight is 285 g/mol. The van der Waals surface area contributed by atoms with Gasteiger partial charge in [0, 0.05) is 51.9 Å². The second-order valence-corrected chi connectivity index (χ2v) is 6.43. The standard InChI is InChI=1S/C14H29N3O.C2H6/c1-13(2)17-6-4-14(18,5-7-17)12-16-10-8-15(3)9-11-16;1-2/h13,18H,4-12H2,1-3H3;1-2H3. The predicted octanol–water partition coefficient (Wildman–Crippen LogP) is 1.50. The summed E-state index contributed by atoms with van der Waals surface area (Å²) in [5, 5.41) is 10.7. The number of nitrogens with zero attached hydrogens (tertiary/aromatic N) is 3. The van der Waals surface area contributed by atoms with Crippen LogP contribution in [-0.4, -0.2) is 84.3 Å². The van der Waals surface area contributed by atoms with Crippen LogP contribution in [0.25, 0.3) is 0 Å². The van der Waals surface area contributed by atoms with E-state index in [4.69, 9.17) is 0 Å². The van der Waals surface area contributed by atoms with Gasteiger partial charge in [0.15, 0.2) is 0 Å². The highest BCUT2D eigenvalue weighted by Crippen LogP contribution is 2.24. The highest BCUT2D eigenvalue weighted by molar-refractivity contribution is 4.90. The molecule has 2 aliphatic rings. The summed E-state index contributed by atoms with van der Waals surface area (Å²) in [7, 11) is 2.17. The highest BCUT2D eigenvalue weighted by Gasteiger charge is 2.35. The number of hydrogen-bond acceptors (Lipinski definition) is 4. The molecule has 2 saturated heterocycles. The SMILES string of the molecule is CC.CC(C)N1CCC(O)(CN2CCN(C)CC2)CC1. The van der Waals surface area contributed by atoms with Gasteiger partial charge in [0.25, 0.3) is 0 Å². The number of β-amino-alcohol motifs (C(OH)–C–C–N with tert-alkyl or cyclic N) is 1. The predicted molar refractivity (Wildman–Crippen MR) is 86.2 cm³/mol. The van der Waals surface area contributed by atoms with E-state index >= 15 is 0 Å². The molecule has 2 fully saturated rings. The zero-order valence-electron chi connectivity index (χ0n) is 14.2. The van der Waals surface area contributed by atoms with E-state index in [0.717, 1.165) is 58.7 Å². The van der Waals surface area contributed by atoms with Gasteiger partial charge in [-0.25, -0.2) is 0 Å². The van der Waals surface area contributed by atoms with Crippen molar-refractivity contribution in [1.82, 2.24) is 14.7 Å². The molecule has 2 heterocycles. The molecule has 20 heavy (non-hydrogen) atoms. The van der Waals surface area contributed by atoms with Gasteiger partial charge in [0.05, 0.1) is 5.60 Å². The summed E-state index contributed by atoms with van der Waals surface area (Å²) in [6.07, 6.45) is 1.86. The Labute approximate surface area is 125 Å². The molecule has 0 saturated carbocycles. The monoisotopic (exact) mass is 285 g/mol. The molecule has 4 nitrogen and oxygen atoms in total. The Morgan fingerprint density at radius 3 is 1.90 bits per heavy atom. The minimum atomic E-state index is -0.443. The van der Waals surface area contributed by atoms with Crippen molar-refractivity contribution in [2.24, 2.45) is 0 Å². The number of aliphatic hydroxyl groups is 1. The molecule has 2 rings (SSSR count). The lowest BCUT2D eigenvalue weighted by Gasteiger charge is -2.43. The van der Waals surface area contributed by atoms with Crippen LogP contribution in [0.2, 0.25) is 0 Å². The summed E-state index contributed by atoms with van der Waals surface area (Å²) in [6, 6.07) is 0.609. The van der Waals surface area contributed by atoms with E-state index in [2.05, 4.69) is 35.6 Å². The van der Waals surface area contributed by atoms with Crippen LogP contribution in [0.4, 0.5) is 0 Å². The van der Waals surface area contributed by atoms with Crippen LogP contribution in [0.3, 0.4) is 0 Å². The molecule has 0 atom stereocenters. The van der Waals surface area contributed by atoms with Gasteiger partial charge in [0.2, 0.25) is 0 Å². The van der Waals surface area contributed by atoms with E-state index in [0.29, 0.717) is 6.04 Å². The molecular weight excluding hydrogens is 250 g/mol. The molecule has 0 unspecified atom stereocenters. The number of likely N-dealkylation sites (tertiary alicyclic amines) is 1. The Morgan fingerprint density at radius 1 is 0.950 bits per heavy atom. The third-order valence-corrected chi connectivity index (χ3v) is 4.57. The van der Waals surface area contributed by atoms with Gasteiger partial charge < -0.3 is 14.9 Å². The number of piperidine rings is 1. The summed E-state index contributed by atoms with van der Waals surface area (Å²) >= 11 is 0. The topological polar surface area (TPSA) is 30.0 Å². The fourth-order valence-electron chi connectivity index (χ4n) is 3.04. The van der Waals surface area contributed by atoms with E-state index in [1.807, 2.05) is 13.8 Å². The summed E-state index contributed by atoms with van der Waals surface area (Å²) in [6.45, 7) is 15.9.